The minimum absolute atomic E-state index is 0.139. The van der Waals surface area contributed by atoms with E-state index in [1.54, 1.807) is 42.5 Å². The van der Waals surface area contributed by atoms with Gasteiger partial charge in [-0.15, -0.1) is 0 Å². The lowest BCUT2D eigenvalue weighted by molar-refractivity contribution is 0.0829. The van der Waals surface area contributed by atoms with Crippen LogP contribution in [0.5, 0.6) is 0 Å². The molecular weight excluding hydrogens is 380 g/mol. The number of rotatable bonds is 6. The Morgan fingerprint density at radius 1 is 1.04 bits per heavy atom. The number of furan rings is 1. The largest absolute Gasteiger partial charge is 0.454 e. The number of nitrogens with one attached hydrogen (secondary N) is 2. The van der Waals surface area contributed by atoms with Gasteiger partial charge in [-0.2, -0.15) is 0 Å². The first-order valence-corrected chi connectivity index (χ1v) is 9.36. The molecule has 1 aromatic carbocycles. The van der Waals surface area contributed by atoms with Crippen molar-refractivity contribution in [3.8, 4) is 0 Å². The van der Waals surface area contributed by atoms with E-state index in [-0.39, 0.29) is 5.76 Å². The van der Waals surface area contributed by atoms with Gasteiger partial charge in [-0.05, 0) is 55.6 Å². The Labute approximate surface area is 167 Å². The average molecular weight is 401 g/mol. The van der Waals surface area contributed by atoms with E-state index in [0.717, 1.165) is 18.5 Å². The molecule has 146 valence electrons. The molecule has 28 heavy (non-hydrogen) atoms. The van der Waals surface area contributed by atoms with Crippen LogP contribution in [0.4, 0.5) is 0 Å². The van der Waals surface area contributed by atoms with Gasteiger partial charge in [0.15, 0.2) is 5.76 Å². The zero-order valence-corrected chi connectivity index (χ0v) is 16.4. The minimum atomic E-state index is -0.520. The van der Waals surface area contributed by atoms with Gasteiger partial charge in [0.25, 0.3) is 5.91 Å². The third-order valence-electron chi connectivity index (χ3n) is 4.37. The van der Waals surface area contributed by atoms with E-state index in [1.165, 1.54) is 0 Å². The van der Waals surface area contributed by atoms with Crippen LogP contribution in [-0.4, -0.2) is 34.8 Å². The van der Waals surface area contributed by atoms with Crippen molar-refractivity contribution >= 4 is 34.3 Å². The number of carbonyl (C=O) groups is 2. The van der Waals surface area contributed by atoms with Crippen molar-refractivity contribution in [3.63, 3.8) is 0 Å². The molecule has 3 aromatic rings. The Kier molecular flexibility index (Phi) is 6.28. The first kappa shape index (κ1) is 19.9. The third-order valence-corrected chi connectivity index (χ3v) is 4.58. The molecule has 0 bridgehead atoms. The molecule has 7 nitrogen and oxygen atoms in total. The molecule has 8 heteroatoms. The van der Waals surface area contributed by atoms with Gasteiger partial charge in [0.1, 0.15) is 10.9 Å². The predicted molar refractivity (Wildman–Crippen MR) is 107 cm³/mol. The maximum absolute atomic E-state index is 12.3. The summed E-state index contributed by atoms with van der Waals surface area (Å²) in [4.78, 5) is 30.9. The highest BCUT2D eigenvalue weighted by Gasteiger charge is 2.14. The number of carbonyl (C=O) groups excluding carboxylic acids is 2. The summed E-state index contributed by atoms with van der Waals surface area (Å²) in [6.07, 6.45) is 0. The molecule has 0 saturated heterocycles. The zero-order valence-electron chi connectivity index (χ0n) is 15.7. The zero-order chi connectivity index (χ0) is 20.1. The Balaban J connectivity index is 1.60. The number of fused-ring (bicyclic) bond motifs is 1. The van der Waals surface area contributed by atoms with E-state index in [1.807, 2.05) is 0 Å². The highest BCUT2D eigenvalue weighted by atomic mass is 35.5. The van der Waals surface area contributed by atoms with Gasteiger partial charge in [0.05, 0.1) is 12.1 Å². The molecule has 0 radical (unpaired) electrons. The lowest BCUT2D eigenvalue weighted by Crippen LogP contribution is -2.41. The second kappa shape index (κ2) is 8.86. The van der Waals surface area contributed by atoms with Gasteiger partial charge < -0.3 is 4.42 Å². The van der Waals surface area contributed by atoms with Crippen LogP contribution in [0.3, 0.4) is 0 Å². The maximum Gasteiger partial charge on any atom is 0.305 e. The summed E-state index contributed by atoms with van der Waals surface area (Å²) >= 11 is 5.86. The number of halogens is 1. The van der Waals surface area contributed by atoms with Crippen LogP contribution >= 0.6 is 11.6 Å². The third kappa shape index (κ3) is 4.68. The van der Waals surface area contributed by atoms with E-state index in [4.69, 9.17) is 16.0 Å². The van der Waals surface area contributed by atoms with Crippen LogP contribution in [0.1, 0.15) is 40.5 Å². The number of amides is 2. The maximum atomic E-state index is 12.3. The standard InChI is InChI=1S/C20H21ClN4O3/c1-3-25(4-2)12-15-7-9-17(28-15)20(27)24-23-19(26)14-5-8-16-13(11-14)6-10-18(21)22-16/h5-11H,3-4,12H2,1-2H3,(H,23,26)(H,24,27). The molecule has 2 heterocycles. The summed E-state index contributed by atoms with van der Waals surface area (Å²) in [5, 5.41) is 1.16. The summed E-state index contributed by atoms with van der Waals surface area (Å²) in [6, 6.07) is 11.8. The molecule has 2 N–H and O–H groups in total. The van der Waals surface area contributed by atoms with Crippen molar-refractivity contribution in [2.75, 3.05) is 13.1 Å². The van der Waals surface area contributed by atoms with E-state index >= 15 is 0 Å². The fourth-order valence-corrected chi connectivity index (χ4v) is 2.90. The Hall–Kier alpha value is -2.90. The Morgan fingerprint density at radius 2 is 1.79 bits per heavy atom. The van der Waals surface area contributed by atoms with Gasteiger partial charge in [0.2, 0.25) is 0 Å². The average Bonchev–Trinajstić information content (AvgIpc) is 3.18. The topological polar surface area (TPSA) is 87.5 Å². The first-order valence-electron chi connectivity index (χ1n) is 8.98. The van der Waals surface area contributed by atoms with Crippen molar-refractivity contribution in [1.82, 2.24) is 20.7 Å². The van der Waals surface area contributed by atoms with Crippen LogP contribution in [-0.2, 0) is 6.54 Å². The molecule has 2 amide bonds. The summed E-state index contributed by atoms with van der Waals surface area (Å²) < 4.78 is 5.56. The van der Waals surface area contributed by atoms with Crippen molar-refractivity contribution in [2.45, 2.75) is 20.4 Å². The van der Waals surface area contributed by atoms with E-state index in [9.17, 15) is 9.59 Å². The van der Waals surface area contributed by atoms with Crippen LogP contribution < -0.4 is 10.9 Å². The SMILES string of the molecule is CCN(CC)Cc1ccc(C(=O)NNC(=O)c2ccc3nc(Cl)ccc3c2)o1. The summed E-state index contributed by atoms with van der Waals surface area (Å²) in [5.41, 5.74) is 5.83. The van der Waals surface area contributed by atoms with Crippen LogP contribution in [0, 0.1) is 0 Å². The lowest BCUT2D eigenvalue weighted by atomic mass is 10.1. The van der Waals surface area contributed by atoms with Crippen LogP contribution in [0.2, 0.25) is 5.15 Å². The molecule has 3 rings (SSSR count). The first-order chi connectivity index (χ1) is 13.5. The number of aromatic nitrogens is 1. The summed E-state index contributed by atoms with van der Waals surface area (Å²) in [7, 11) is 0. The van der Waals surface area contributed by atoms with E-state index in [2.05, 4.69) is 34.6 Å². The second-order valence-electron chi connectivity index (χ2n) is 6.18. The summed E-state index contributed by atoms with van der Waals surface area (Å²) in [5.74, 6) is -0.130. The molecule has 0 aliphatic carbocycles. The predicted octanol–water partition coefficient (Wildman–Crippen LogP) is 3.40. The highest BCUT2D eigenvalue weighted by Crippen LogP contribution is 2.17. The lowest BCUT2D eigenvalue weighted by Gasteiger charge is -2.15. The number of hydrazine groups is 1. The van der Waals surface area contributed by atoms with Gasteiger partial charge in [-0.25, -0.2) is 4.98 Å². The quantitative estimate of drug-likeness (QED) is 0.489. The van der Waals surface area contributed by atoms with Crippen LogP contribution in [0.25, 0.3) is 10.9 Å². The number of nitrogens with zero attached hydrogens (tertiary/aromatic N) is 2. The van der Waals surface area contributed by atoms with Crippen LogP contribution in [0.15, 0.2) is 46.9 Å². The number of hydrogen-bond acceptors (Lipinski definition) is 5. The fourth-order valence-electron chi connectivity index (χ4n) is 2.74. The van der Waals surface area contributed by atoms with Crippen molar-refractivity contribution in [2.24, 2.45) is 0 Å². The van der Waals surface area contributed by atoms with Crippen molar-refractivity contribution < 1.29 is 14.0 Å². The monoisotopic (exact) mass is 400 g/mol. The molecular formula is C20H21ClN4O3. The molecule has 0 saturated carbocycles. The Bertz CT molecular complexity index is 998. The van der Waals surface area contributed by atoms with Gasteiger partial charge in [-0.3, -0.25) is 25.3 Å². The highest BCUT2D eigenvalue weighted by molar-refractivity contribution is 6.29. The Morgan fingerprint density at radius 3 is 2.54 bits per heavy atom. The second-order valence-corrected chi connectivity index (χ2v) is 6.56. The molecule has 0 spiro atoms. The smallest absolute Gasteiger partial charge is 0.305 e. The molecule has 0 atom stereocenters. The molecule has 0 aliphatic heterocycles. The minimum Gasteiger partial charge on any atom is -0.454 e. The normalized spacial score (nSPS) is 11.0. The molecule has 0 fully saturated rings. The van der Waals surface area contributed by atoms with E-state index in [0.29, 0.717) is 28.5 Å². The molecule has 0 unspecified atom stereocenters. The van der Waals surface area contributed by atoms with Crippen molar-refractivity contribution in [3.05, 3.63) is 64.7 Å². The number of benzene rings is 1. The number of pyridine rings is 1. The van der Waals surface area contributed by atoms with Gasteiger partial charge >= 0.3 is 5.91 Å². The van der Waals surface area contributed by atoms with Crippen molar-refractivity contribution in [1.29, 1.82) is 0 Å². The van der Waals surface area contributed by atoms with E-state index < -0.39 is 11.8 Å². The number of hydrogen-bond donors (Lipinski definition) is 2. The van der Waals surface area contributed by atoms with Gasteiger partial charge in [0, 0.05) is 10.9 Å². The fraction of sp³-hybridized carbons (Fsp3) is 0.250. The summed E-state index contributed by atoms with van der Waals surface area (Å²) in [6.45, 7) is 6.53. The molecule has 2 aromatic heterocycles. The van der Waals surface area contributed by atoms with Gasteiger partial charge in [-0.1, -0.05) is 25.4 Å². The molecule has 0 aliphatic rings.